The molecule has 3 aliphatic rings. The molecule has 0 aromatic heterocycles. The second-order valence-corrected chi connectivity index (χ2v) is 6.59. The molecule has 104 valence electrons. The molecule has 0 amide bonds. The molecular weight excluding hydrogens is 224 g/mol. The predicted molar refractivity (Wildman–Crippen MR) is 73.8 cm³/mol. The smallest absolute Gasteiger partial charge is 0.0601 e. The van der Waals surface area contributed by atoms with Crippen molar-refractivity contribution in [3.63, 3.8) is 0 Å². The Labute approximate surface area is 111 Å². The molecule has 1 spiro atoms. The summed E-state index contributed by atoms with van der Waals surface area (Å²) in [6, 6.07) is 1.54. The van der Waals surface area contributed by atoms with Gasteiger partial charge in [-0.05, 0) is 32.1 Å². The maximum absolute atomic E-state index is 5.45. The third-order valence-corrected chi connectivity index (χ3v) is 5.57. The van der Waals surface area contributed by atoms with E-state index >= 15 is 0 Å². The van der Waals surface area contributed by atoms with E-state index in [4.69, 9.17) is 4.74 Å². The normalized spacial score (nSPS) is 40.0. The van der Waals surface area contributed by atoms with E-state index in [1.807, 2.05) is 7.11 Å². The molecular formula is C15H28N2O. The van der Waals surface area contributed by atoms with Crippen LogP contribution in [0, 0.1) is 0 Å². The first-order chi connectivity index (χ1) is 8.76. The number of hydrogen-bond acceptors (Lipinski definition) is 3. The van der Waals surface area contributed by atoms with Gasteiger partial charge in [0.05, 0.1) is 6.10 Å². The topological polar surface area (TPSA) is 24.5 Å². The van der Waals surface area contributed by atoms with Gasteiger partial charge in [-0.2, -0.15) is 0 Å². The van der Waals surface area contributed by atoms with E-state index in [-0.39, 0.29) is 0 Å². The van der Waals surface area contributed by atoms with Crippen LogP contribution in [0.4, 0.5) is 0 Å². The van der Waals surface area contributed by atoms with Gasteiger partial charge in [0, 0.05) is 37.8 Å². The van der Waals surface area contributed by atoms with Gasteiger partial charge < -0.3 is 10.1 Å². The molecule has 18 heavy (non-hydrogen) atoms. The van der Waals surface area contributed by atoms with Crippen LogP contribution < -0.4 is 5.32 Å². The van der Waals surface area contributed by atoms with Crippen LogP contribution in [0.15, 0.2) is 0 Å². The molecule has 1 saturated heterocycles. The van der Waals surface area contributed by atoms with E-state index in [9.17, 15) is 0 Å². The summed E-state index contributed by atoms with van der Waals surface area (Å²) in [4.78, 5) is 2.82. The number of piperazine rings is 1. The van der Waals surface area contributed by atoms with Gasteiger partial charge in [-0.3, -0.25) is 4.90 Å². The fraction of sp³-hybridized carbons (Fsp3) is 1.00. The lowest BCUT2D eigenvalue weighted by molar-refractivity contribution is -0.0629. The molecule has 1 aliphatic heterocycles. The first kappa shape index (κ1) is 12.9. The largest absolute Gasteiger partial charge is 0.381 e. The Bertz CT molecular complexity index is 282. The molecule has 3 nitrogen and oxygen atoms in total. The molecule has 2 aliphatic carbocycles. The summed E-state index contributed by atoms with van der Waals surface area (Å²) >= 11 is 0. The minimum atomic E-state index is 0.462. The van der Waals surface area contributed by atoms with Crippen LogP contribution in [-0.4, -0.2) is 48.8 Å². The van der Waals surface area contributed by atoms with Crippen molar-refractivity contribution < 1.29 is 4.74 Å². The SMILES string of the molecule is CCC1CNC2(CCCC2)CN1C1CC(OC)C1. The highest BCUT2D eigenvalue weighted by molar-refractivity contribution is 5.04. The van der Waals surface area contributed by atoms with Crippen molar-refractivity contribution in [2.45, 2.75) is 75.6 Å². The molecule has 0 radical (unpaired) electrons. The molecule has 3 heteroatoms. The lowest BCUT2D eigenvalue weighted by atomic mass is 9.83. The molecule has 1 atom stereocenters. The highest BCUT2D eigenvalue weighted by Crippen LogP contribution is 2.38. The van der Waals surface area contributed by atoms with Crippen molar-refractivity contribution in [1.82, 2.24) is 10.2 Å². The molecule has 0 bridgehead atoms. The average molecular weight is 252 g/mol. The molecule has 1 unspecified atom stereocenters. The summed E-state index contributed by atoms with van der Waals surface area (Å²) in [5.74, 6) is 0. The quantitative estimate of drug-likeness (QED) is 0.833. The lowest BCUT2D eigenvalue weighted by Crippen LogP contribution is -2.67. The van der Waals surface area contributed by atoms with Gasteiger partial charge >= 0.3 is 0 Å². The molecule has 3 rings (SSSR count). The Morgan fingerprint density at radius 2 is 2.00 bits per heavy atom. The van der Waals surface area contributed by atoms with Crippen LogP contribution in [0.5, 0.6) is 0 Å². The number of hydrogen-bond donors (Lipinski definition) is 1. The van der Waals surface area contributed by atoms with Gasteiger partial charge in [-0.1, -0.05) is 19.8 Å². The third kappa shape index (κ3) is 2.21. The summed E-state index contributed by atoms with van der Waals surface area (Å²) < 4.78 is 5.45. The monoisotopic (exact) mass is 252 g/mol. The Morgan fingerprint density at radius 3 is 2.61 bits per heavy atom. The second kappa shape index (κ2) is 5.10. The first-order valence-electron chi connectivity index (χ1n) is 7.80. The van der Waals surface area contributed by atoms with E-state index in [1.165, 1.54) is 58.0 Å². The molecule has 2 saturated carbocycles. The van der Waals surface area contributed by atoms with E-state index in [0.717, 1.165) is 12.1 Å². The van der Waals surface area contributed by atoms with Crippen LogP contribution in [0.2, 0.25) is 0 Å². The van der Waals surface area contributed by atoms with Gasteiger partial charge in [0.1, 0.15) is 0 Å². The van der Waals surface area contributed by atoms with Gasteiger partial charge in [0.15, 0.2) is 0 Å². The Morgan fingerprint density at radius 1 is 1.28 bits per heavy atom. The van der Waals surface area contributed by atoms with E-state index in [0.29, 0.717) is 11.6 Å². The fourth-order valence-electron chi connectivity index (χ4n) is 4.18. The van der Waals surface area contributed by atoms with Crippen molar-refractivity contribution in [2.75, 3.05) is 20.2 Å². The zero-order valence-corrected chi connectivity index (χ0v) is 12.0. The highest BCUT2D eigenvalue weighted by atomic mass is 16.5. The predicted octanol–water partition coefficient (Wildman–Crippen LogP) is 2.16. The van der Waals surface area contributed by atoms with Gasteiger partial charge in [0.2, 0.25) is 0 Å². The van der Waals surface area contributed by atoms with Gasteiger partial charge in [-0.15, -0.1) is 0 Å². The number of nitrogens with one attached hydrogen (secondary N) is 1. The molecule has 1 N–H and O–H groups in total. The van der Waals surface area contributed by atoms with E-state index in [2.05, 4.69) is 17.1 Å². The van der Waals surface area contributed by atoms with E-state index < -0.39 is 0 Å². The average Bonchev–Trinajstić information content (AvgIpc) is 2.77. The Kier molecular flexibility index (Phi) is 3.65. The molecule has 0 aromatic rings. The Balaban J connectivity index is 1.65. The summed E-state index contributed by atoms with van der Waals surface area (Å²) in [6.07, 6.45) is 9.93. The van der Waals surface area contributed by atoms with Crippen LogP contribution >= 0.6 is 0 Å². The van der Waals surface area contributed by atoms with Crippen molar-refractivity contribution in [3.8, 4) is 0 Å². The first-order valence-corrected chi connectivity index (χ1v) is 7.80. The number of nitrogens with zero attached hydrogens (tertiary/aromatic N) is 1. The number of rotatable bonds is 3. The van der Waals surface area contributed by atoms with Crippen molar-refractivity contribution in [1.29, 1.82) is 0 Å². The van der Waals surface area contributed by atoms with Crippen molar-refractivity contribution in [2.24, 2.45) is 0 Å². The Hall–Kier alpha value is -0.120. The summed E-state index contributed by atoms with van der Waals surface area (Å²) in [7, 11) is 1.86. The zero-order chi connectivity index (χ0) is 12.6. The lowest BCUT2D eigenvalue weighted by Gasteiger charge is -2.53. The maximum Gasteiger partial charge on any atom is 0.0601 e. The van der Waals surface area contributed by atoms with Crippen molar-refractivity contribution >= 4 is 0 Å². The van der Waals surface area contributed by atoms with Crippen LogP contribution in [-0.2, 0) is 4.74 Å². The van der Waals surface area contributed by atoms with Crippen LogP contribution in [0.1, 0.15) is 51.9 Å². The third-order valence-electron chi connectivity index (χ3n) is 5.57. The summed E-state index contributed by atoms with van der Waals surface area (Å²) in [6.45, 7) is 4.82. The molecule has 3 fully saturated rings. The standard InChI is InChI=1S/C15H28N2O/c1-3-12-10-16-15(6-4-5-7-15)11-17(12)13-8-14(9-13)18-2/h12-14,16H,3-11H2,1-2H3. The maximum atomic E-state index is 5.45. The minimum absolute atomic E-state index is 0.462. The molecule has 1 heterocycles. The van der Waals surface area contributed by atoms with Crippen LogP contribution in [0.25, 0.3) is 0 Å². The van der Waals surface area contributed by atoms with Crippen molar-refractivity contribution in [3.05, 3.63) is 0 Å². The minimum Gasteiger partial charge on any atom is -0.381 e. The number of ether oxygens (including phenoxy) is 1. The number of methoxy groups -OCH3 is 1. The van der Waals surface area contributed by atoms with E-state index in [1.54, 1.807) is 0 Å². The fourth-order valence-corrected chi connectivity index (χ4v) is 4.18. The summed E-state index contributed by atoms with van der Waals surface area (Å²) in [5.41, 5.74) is 0.462. The zero-order valence-electron chi connectivity index (χ0n) is 12.0. The van der Waals surface area contributed by atoms with Crippen LogP contribution in [0.3, 0.4) is 0 Å². The second-order valence-electron chi connectivity index (χ2n) is 6.59. The summed E-state index contributed by atoms with van der Waals surface area (Å²) in [5, 5.41) is 3.88. The van der Waals surface area contributed by atoms with Gasteiger partial charge in [0.25, 0.3) is 0 Å². The highest BCUT2D eigenvalue weighted by Gasteiger charge is 2.45. The van der Waals surface area contributed by atoms with Gasteiger partial charge in [-0.25, -0.2) is 0 Å². The molecule has 0 aromatic carbocycles.